The highest BCUT2D eigenvalue weighted by molar-refractivity contribution is 8.18. The Hall–Kier alpha value is -3.01. The van der Waals surface area contributed by atoms with E-state index in [-0.39, 0.29) is 18.1 Å². The maximum Gasteiger partial charge on any atom is 0.329 e. The van der Waals surface area contributed by atoms with Crippen molar-refractivity contribution in [1.29, 1.82) is 0 Å². The number of benzene rings is 1. The van der Waals surface area contributed by atoms with Crippen LogP contribution in [0.5, 0.6) is 11.5 Å². The van der Waals surface area contributed by atoms with E-state index < -0.39 is 29.1 Å². The van der Waals surface area contributed by atoms with Gasteiger partial charge in [0.2, 0.25) is 0 Å². The fourth-order valence-corrected chi connectivity index (χ4v) is 3.28. The Kier molecular flexibility index (Phi) is 7.05. The SMILES string of the molecule is CCOC(=O)[C@@H](C)N1C(=O)S/C(=C\c2ccc(OCC(N)=O)c(OC)c2)C1=O. The quantitative estimate of drug-likeness (QED) is 0.507. The predicted octanol–water partition coefficient (Wildman–Crippen LogP) is 1.55. The van der Waals surface area contributed by atoms with Gasteiger partial charge in [-0.2, -0.15) is 0 Å². The fourth-order valence-electron chi connectivity index (χ4n) is 2.38. The Morgan fingerprint density at radius 1 is 1.29 bits per heavy atom. The van der Waals surface area contributed by atoms with E-state index in [1.807, 2.05) is 0 Å². The summed E-state index contributed by atoms with van der Waals surface area (Å²) in [6.07, 6.45) is 1.50. The standard InChI is InChI=1S/C18H20N2O7S/c1-4-26-17(23)10(2)20-16(22)14(28-18(20)24)8-11-5-6-12(13(7-11)25-3)27-9-15(19)21/h5-8,10H,4,9H2,1-3H3,(H2,19,21)/b14-8-/t10-/m1/s1. The van der Waals surface area contributed by atoms with Crippen LogP contribution < -0.4 is 15.2 Å². The molecule has 1 aliphatic heterocycles. The van der Waals surface area contributed by atoms with Gasteiger partial charge in [0.1, 0.15) is 6.04 Å². The summed E-state index contributed by atoms with van der Waals surface area (Å²) in [6.45, 7) is 2.92. The molecule has 150 valence electrons. The zero-order chi connectivity index (χ0) is 20.8. The summed E-state index contributed by atoms with van der Waals surface area (Å²) in [5.41, 5.74) is 5.62. The van der Waals surface area contributed by atoms with Crippen molar-refractivity contribution in [2.75, 3.05) is 20.3 Å². The Morgan fingerprint density at radius 3 is 2.61 bits per heavy atom. The average Bonchev–Trinajstić information content (AvgIpc) is 2.93. The molecule has 28 heavy (non-hydrogen) atoms. The number of nitrogens with two attached hydrogens (primary N) is 1. The van der Waals surface area contributed by atoms with Crippen molar-refractivity contribution in [3.8, 4) is 11.5 Å². The van der Waals surface area contributed by atoms with Crippen LogP contribution in [0.15, 0.2) is 23.1 Å². The number of methoxy groups -OCH3 is 1. The van der Waals surface area contributed by atoms with Crippen LogP contribution in [0.25, 0.3) is 6.08 Å². The summed E-state index contributed by atoms with van der Waals surface area (Å²) in [6, 6.07) is 3.75. The van der Waals surface area contributed by atoms with Gasteiger partial charge in [0, 0.05) is 0 Å². The lowest BCUT2D eigenvalue weighted by Crippen LogP contribution is -2.42. The Labute approximate surface area is 165 Å². The second-order valence-electron chi connectivity index (χ2n) is 5.65. The van der Waals surface area contributed by atoms with E-state index in [0.29, 0.717) is 17.1 Å². The van der Waals surface area contributed by atoms with Crippen molar-refractivity contribution < 1.29 is 33.4 Å². The molecule has 0 unspecified atom stereocenters. The zero-order valence-electron chi connectivity index (χ0n) is 15.6. The number of imide groups is 1. The number of esters is 1. The molecule has 2 N–H and O–H groups in total. The number of thioether (sulfide) groups is 1. The summed E-state index contributed by atoms with van der Waals surface area (Å²) < 4.78 is 15.3. The topological polar surface area (TPSA) is 125 Å². The number of carbonyl (C=O) groups is 4. The molecule has 0 radical (unpaired) electrons. The van der Waals surface area contributed by atoms with Crippen LogP contribution in [-0.2, 0) is 19.1 Å². The van der Waals surface area contributed by atoms with Gasteiger partial charge in [0.25, 0.3) is 17.1 Å². The Morgan fingerprint density at radius 2 is 2.00 bits per heavy atom. The monoisotopic (exact) mass is 408 g/mol. The van der Waals surface area contributed by atoms with E-state index in [1.165, 1.54) is 20.1 Å². The second kappa shape index (κ2) is 9.27. The van der Waals surface area contributed by atoms with Gasteiger partial charge < -0.3 is 19.9 Å². The second-order valence-corrected chi connectivity index (χ2v) is 6.64. The third-order valence-corrected chi connectivity index (χ3v) is 4.58. The van der Waals surface area contributed by atoms with Crippen LogP contribution >= 0.6 is 11.8 Å². The largest absolute Gasteiger partial charge is 0.493 e. The summed E-state index contributed by atoms with van der Waals surface area (Å²) in [5, 5.41) is -0.551. The highest BCUT2D eigenvalue weighted by atomic mass is 32.2. The van der Waals surface area contributed by atoms with Gasteiger partial charge in [-0.25, -0.2) is 4.79 Å². The Bertz CT molecular complexity index is 837. The maximum absolute atomic E-state index is 12.6. The summed E-state index contributed by atoms with van der Waals surface area (Å²) in [4.78, 5) is 48.5. The minimum atomic E-state index is -1.02. The van der Waals surface area contributed by atoms with Crippen LogP contribution in [-0.4, -0.2) is 54.3 Å². The molecule has 0 spiro atoms. The average molecular weight is 408 g/mol. The Balaban J connectivity index is 2.23. The number of nitrogens with zero attached hydrogens (tertiary/aromatic N) is 1. The first kappa shape index (κ1) is 21.3. The normalized spacial score (nSPS) is 16.2. The number of hydrogen-bond donors (Lipinski definition) is 1. The first-order valence-electron chi connectivity index (χ1n) is 8.31. The summed E-state index contributed by atoms with van der Waals surface area (Å²) in [5.74, 6) is -1.22. The molecule has 0 saturated carbocycles. The number of amides is 3. The molecule has 3 amide bonds. The number of primary amides is 1. The molecule has 9 nitrogen and oxygen atoms in total. The molecule has 2 rings (SSSR count). The van der Waals surface area contributed by atoms with Crippen molar-refractivity contribution in [2.24, 2.45) is 5.73 Å². The van der Waals surface area contributed by atoms with Crippen LogP contribution in [0.3, 0.4) is 0 Å². The molecule has 0 bridgehead atoms. The van der Waals surface area contributed by atoms with E-state index in [9.17, 15) is 19.2 Å². The third-order valence-electron chi connectivity index (χ3n) is 3.69. The minimum absolute atomic E-state index is 0.152. The molecule has 1 aromatic carbocycles. The number of carbonyl (C=O) groups excluding carboxylic acids is 4. The van der Waals surface area contributed by atoms with E-state index in [4.69, 9.17) is 19.9 Å². The van der Waals surface area contributed by atoms with Crippen LogP contribution in [0.4, 0.5) is 4.79 Å². The predicted molar refractivity (Wildman–Crippen MR) is 102 cm³/mol. The molecule has 0 aliphatic carbocycles. The van der Waals surface area contributed by atoms with Gasteiger partial charge in [-0.15, -0.1) is 0 Å². The van der Waals surface area contributed by atoms with Gasteiger partial charge in [0.15, 0.2) is 18.1 Å². The van der Waals surface area contributed by atoms with Gasteiger partial charge in [-0.1, -0.05) is 6.07 Å². The third kappa shape index (κ3) is 4.83. The summed E-state index contributed by atoms with van der Waals surface area (Å²) >= 11 is 0.730. The van der Waals surface area contributed by atoms with Gasteiger partial charge in [-0.05, 0) is 49.4 Å². The molecule has 1 fully saturated rings. The molecule has 1 aliphatic rings. The smallest absolute Gasteiger partial charge is 0.329 e. The molecule has 1 aromatic rings. The first-order chi connectivity index (χ1) is 13.3. The lowest BCUT2D eigenvalue weighted by Gasteiger charge is -2.19. The lowest BCUT2D eigenvalue weighted by atomic mass is 10.1. The van der Waals surface area contributed by atoms with Gasteiger partial charge >= 0.3 is 5.97 Å². The fraction of sp³-hybridized carbons (Fsp3) is 0.333. The van der Waals surface area contributed by atoms with E-state index in [2.05, 4.69) is 0 Å². The lowest BCUT2D eigenvalue weighted by molar-refractivity contribution is -0.150. The molecular formula is C18H20N2O7S. The van der Waals surface area contributed by atoms with E-state index in [0.717, 1.165) is 16.7 Å². The van der Waals surface area contributed by atoms with E-state index in [1.54, 1.807) is 25.1 Å². The van der Waals surface area contributed by atoms with Crippen LogP contribution in [0.1, 0.15) is 19.4 Å². The van der Waals surface area contributed by atoms with Crippen molar-refractivity contribution >= 4 is 40.9 Å². The maximum atomic E-state index is 12.6. The van der Waals surface area contributed by atoms with E-state index >= 15 is 0 Å². The highest BCUT2D eigenvalue weighted by Gasteiger charge is 2.41. The molecule has 1 heterocycles. The van der Waals surface area contributed by atoms with Gasteiger partial charge in [-0.3, -0.25) is 19.3 Å². The van der Waals surface area contributed by atoms with Gasteiger partial charge in [0.05, 0.1) is 18.6 Å². The zero-order valence-corrected chi connectivity index (χ0v) is 16.4. The number of ether oxygens (including phenoxy) is 3. The molecule has 0 aromatic heterocycles. The molecule has 1 saturated heterocycles. The summed E-state index contributed by atoms with van der Waals surface area (Å²) in [7, 11) is 1.42. The number of rotatable bonds is 8. The van der Waals surface area contributed by atoms with Crippen molar-refractivity contribution in [3.05, 3.63) is 28.7 Å². The minimum Gasteiger partial charge on any atom is -0.493 e. The number of hydrogen-bond acceptors (Lipinski definition) is 8. The van der Waals surface area contributed by atoms with Crippen molar-refractivity contribution in [3.63, 3.8) is 0 Å². The highest BCUT2D eigenvalue weighted by Crippen LogP contribution is 2.35. The van der Waals surface area contributed by atoms with Crippen LogP contribution in [0, 0.1) is 0 Å². The van der Waals surface area contributed by atoms with Crippen molar-refractivity contribution in [1.82, 2.24) is 4.90 Å². The molecule has 1 atom stereocenters. The molecular weight excluding hydrogens is 388 g/mol. The first-order valence-corrected chi connectivity index (χ1v) is 9.13. The van der Waals surface area contributed by atoms with Crippen molar-refractivity contribution in [2.45, 2.75) is 19.9 Å². The molecule has 10 heteroatoms. The van der Waals surface area contributed by atoms with Crippen LogP contribution in [0.2, 0.25) is 0 Å².